The number of esters is 1. The molecule has 3 aromatic rings. The Balaban J connectivity index is 1.81. The minimum absolute atomic E-state index is 0.147. The highest BCUT2D eigenvalue weighted by molar-refractivity contribution is 5.97. The molecule has 0 unspecified atom stereocenters. The van der Waals surface area contributed by atoms with Crippen LogP contribution in [0.15, 0.2) is 42.5 Å². The van der Waals surface area contributed by atoms with Gasteiger partial charge in [0, 0.05) is 30.6 Å². The summed E-state index contributed by atoms with van der Waals surface area (Å²) < 4.78 is 5.29. The van der Waals surface area contributed by atoms with Crippen LogP contribution in [-0.4, -0.2) is 27.8 Å². The molecule has 148 valence electrons. The molecule has 9 nitrogen and oxygen atoms in total. The van der Waals surface area contributed by atoms with Crippen molar-refractivity contribution in [3.05, 3.63) is 53.9 Å². The van der Waals surface area contributed by atoms with Crippen molar-refractivity contribution in [3.63, 3.8) is 0 Å². The molecule has 0 aliphatic carbocycles. The number of nitrogen functional groups attached to an aromatic ring is 1. The van der Waals surface area contributed by atoms with Crippen LogP contribution in [0.1, 0.15) is 30.0 Å². The molecule has 9 heteroatoms. The third-order valence-corrected chi connectivity index (χ3v) is 3.82. The Kier molecular flexibility index (Phi) is 5.68. The molecule has 1 aromatic heterocycles. The number of rotatable bonds is 5. The number of carbonyl (C=O) groups is 3. The summed E-state index contributed by atoms with van der Waals surface area (Å²) in [4.78, 5) is 43.7. The van der Waals surface area contributed by atoms with E-state index in [9.17, 15) is 14.4 Å². The monoisotopic (exact) mass is 393 g/mol. The van der Waals surface area contributed by atoms with Gasteiger partial charge in [0.15, 0.2) is 12.4 Å². The van der Waals surface area contributed by atoms with Gasteiger partial charge in [-0.2, -0.15) is 0 Å². The summed E-state index contributed by atoms with van der Waals surface area (Å²) >= 11 is 0. The van der Waals surface area contributed by atoms with Crippen LogP contribution < -0.4 is 16.4 Å². The minimum atomic E-state index is -0.667. The number of nitrogens with zero attached hydrogens (tertiary/aromatic N) is 2. The standard InChI is InChI=1S/C20H19N5O4/c1-11(26)22-14-7-13(8-15(9-14)23-12(2)27)20(28)29-10-18-24-17-6-4-3-5-16(17)19(21)25-18/h3-9H,10H2,1-2H3,(H,22,26)(H,23,27)(H2,21,24,25). The SMILES string of the molecule is CC(=O)Nc1cc(NC(C)=O)cc(C(=O)OCc2nc(N)c3ccccc3n2)c1. The van der Waals surface area contributed by atoms with E-state index in [1.165, 1.54) is 32.0 Å². The lowest BCUT2D eigenvalue weighted by Crippen LogP contribution is -2.13. The molecule has 0 aliphatic rings. The maximum absolute atomic E-state index is 12.5. The number of ether oxygens (including phenoxy) is 1. The van der Waals surface area contributed by atoms with Crippen molar-refractivity contribution in [3.8, 4) is 0 Å². The number of carbonyl (C=O) groups excluding carboxylic acids is 3. The second-order valence-electron chi connectivity index (χ2n) is 6.28. The van der Waals surface area contributed by atoms with Crippen LogP contribution in [0.2, 0.25) is 0 Å². The average molecular weight is 393 g/mol. The van der Waals surface area contributed by atoms with Crippen molar-refractivity contribution in [2.45, 2.75) is 20.5 Å². The molecule has 0 saturated carbocycles. The molecule has 0 radical (unpaired) electrons. The predicted molar refractivity (Wildman–Crippen MR) is 108 cm³/mol. The van der Waals surface area contributed by atoms with Gasteiger partial charge < -0.3 is 21.1 Å². The van der Waals surface area contributed by atoms with E-state index >= 15 is 0 Å². The molecule has 0 bridgehead atoms. The first kappa shape index (κ1) is 19.7. The average Bonchev–Trinajstić information content (AvgIpc) is 2.65. The highest BCUT2D eigenvalue weighted by Gasteiger charge is 2.13. The maximum Gasteiger partial charge on any atom is 0.338 e. The Labute approximate surface area is 166 Å². The number of hydrogen-bond donors (Lipinski definition) is 3. The predicted octanol–water partition coefficient (Wildman–Crippen LogP) is 2.49. The van der Waals surface area contributed by atoms with E-state index in [0.29, 0.717) is 28.1 Å². The lowest BCUT2D eigenvalue weighted by Gasteiger charge is -2.11. The Hall–Kier alpha value is -4.01. The van der Waals surface area contributed by atoms with Gasteiger partial charge in [0.05, 0.1) is 11.1 Å². The third kappa shape index (κ3) is 5.04. The van der Waals surface area contributed by atoms with E-state index in [0.717, 1.165) is 0 Å². The van der Waals surface area contributed by atoms with Crippen molar-refractivity contribution in [1.29, 1.82) is 0 Å². The van der Waals surface area contributed by atoms with E-state index < -0.39 is 5.97 Å². The van der Waals surface area contributed by atoms with E-state index in [1.807, 2.05) is 12.1 Å². The van der Waals surface area contributed by atoms with Crippen LogP contribution in [0.5, 0.6) is 0 Å². The molecule has 4 N–H and O–H groups in total. The zero-order valence-electron chi connectivity index (χ0n) is 15.9. The van der Waals surface area contributed by atoms with Gasteiger partial charge in [-0.3, -0.25) is 9.59 Å². The van der Waals surface area contributed by atoms with Crippen molar-refractivity contribution >= 4 is 45.9 Å². The molecule has 0 saturated heterocycles. The smallest absolute Gasteiger partial charge is 0.338 e. The van der Waals surface area contributed by atoms with Crippen LogP contribution >= 0.6 is 0 Å². The van der Waals surface area contributed by atoms with Crippen LogP contribution in [0.25, 0.3) is 10.9 Å². The van der Waals surface area contributed by atoms with Crippen molar-refractivity contribution in [2.24, 2.45) is 0 Å². The fraction of sp³-hybridized carbons (Fsp3) is 0.150. The van der Waals surface area contributed by atoms with Crippen LogP contribution in [-0.2, 0) is 20.9 Å². The number of anilines is 3. The molecular weight excluding hydrogens is 374 g/mol. The molecule has 2 amide bonds. The fourth-order valence-electron chi connectivity index (χ4n) is 2.73. The summed E-state index contributed by atoms with van der Waals surface area (Å²) in [6.45, 7) is 2.49. The molecular formula is C20H19N5O4. The van der Waals surface area contributed by atoms with Gasteiger partial charge in [-0.25, -0.2) is 14.8 Å². The van der Waals surface area contributed by atoms with Gasteiger partial charge in [0.2, 0.25) is 11.8 Å². The Morgan fingerprint density at radius 3 is 2.21 bits per heavy atom. The number of nitrogens with one attached hydrogen (secondary N) is 2. The van der Waals surface area contributed by atoms with E-state index in [-0.39, 0.29) is 29.8 Å². The number of aromatic nitrogens is 2. The third-order valence-electron chi connectivity index (χ3n) is 3.82. The van der Waals surface area contributed by atoms with Gasteiger partial charge in [0.25, 0.3) is 0 Å². The molecule has 0 fully saturated rings. The Morgan fingerprint density at radius 1 is 0.966 bits per heavy atom. The van der Waals surface area contributed by atoms with Gasteiger partial charge in [-0.15, -0.1) is 0 Å². The van der Waals surface area contributed by atoms with Crippen LogP contribution in [0, 0.1) is 0 Å². The topological polar surface area (TPSA) is 136 Å². The summed E-state index contributed by atoms with van der Waals surface area (Å²) in [7, 11) is 0. The highest BCUT2D eigenvalue weighted by Crippen LogP contribution is 2.21. The first-order chi connectivity index (χ1) is 13.8. The molecule has 0 spiro atoms. The molecule has 29 heavy (non-hydrogen) atoms. The van der Waals surface area contributed by atoms with Gasteiger partial charge in [0.1, 0.15) is 5.82 Å². The zero-order chi connectivity index (χ0) is 21.0. The van der Waals surface area contributed by atoms with Gasteiger partial charge in [-0.05, 0) is 30.3 Å². The minimum Gasteiger partial charge on any atom is -0.454 e. The van der Waals surface area contributed by atoms with E-state index in [4.69, 9.17) is 10.5 Å². The lowest BCUT2D eigenvalue weighted by atomic mass is 10.1. The summed E-state index contributed by atoms with van der Waals surface area (Å²) in [6, 6.07) is 11.7. The quantitative estimate of drug-likeness (QED) is 0.566. The Bertz CT molecular complexity index is 1080. The van der Waals surface area contributed by atoms with E-state index in [1.54, 1.807) is 12.1 Å². The Morgan fingerprint density at radius 2 is 1.59 bits per heavy atom. The second-order valence-corrected chi connectivity index (χ2v) is 6.28. The number of benzene rings is 2. The zero-order valence-corrected chi connectivity index (χ0v) is 15.9. The van der Waals surface area contributed by atoms with Crippen molar-refractivity contribution < 1.29 is 19.1 Å². The fourth-order valence-corrected chi connectivity index (χ4v) is 2.73. The first-order valence-corrected chi connectivity index (χ1v) is 8.70. The summed E-state index contributed by atoms with van der Waals surface area (Å²) in [5.41, 5.74) is 7.42. The highest BCUT2D eigenvalue weighted by atomic mass is 16.5. The first-order valence-electron chi connectivity index (χ1n) is 8.70. The molecule has 3 rings (SSSR count). The van der Waals surface area contributed by atoms with Crippen molar-refractivity contribution in [2.75, 3.05) is 16.4 Å². The normalized spacial score (nSPS) is 10.4. The second kappa shape index (κ2) is 8.34. The summed E-state index contributed by atoms with van der Waals surface area (Å²) in [5.74, 6) is -0.746. The molecule has 0 aliphatic heterocycles. The van der Waals surface area contributed by atoms with Gasteiger partial charge in [-0.1, -0.05) is 12.1 Å². The number of nitrogens with two attached hydrogens (primary N) is 1. The number of fused-ring (bicyclic) bond motifs is 1. The molecule has 2 aromatic carbocycles. The maximum atomic E-state index is 12.5. The largest absolute Gasteiger partial charge is 0.454 e. The van der Waals surface area contributed by atoms with Gasteiger partial charge >= 0.3 is 5.97 Å². The number of para-hydroxylation sites is 1. The molecule has 1 heterocycles. The molecule has 0 atom stereocenters. The summed E-state index contributed by atoms with van der Waals surface area (Å²) in [5, 5.41) is 5.87. The number of amides is 2. The van der Waals surface area contributed by atoms with Crippen LogP contribution in [0.4, 0.5) is 17.2 Å². The lowest BCUT2D eigenvalue weighted by molar-refractivity contribution is -0.115. The number of hydrogen-bond acceptors (Lipinski definition) is 7. The van der Waals surface area contributed by atoms with E-state index in [2.05, 4.69) is 20.6 Å². The van der Waals surface area contributed by atoms with Crippen LogP contribution in [0.3, 0.4) is 0 Å². The summed E-state index contributed by atoms with van der Waals surface area (Å²) in [6.07, 6.45) is 0. The van der Waals surface area contributed by atoms with Crippen molar-refractivity contribution in [1.82, 2.24) is 9.97 Å².